The van der Waals surface area contributed by atoms with E-state index in [0.717, 1.165) is 25.6 Å². The molecule has 0 bridgehead atoms. The van der Waals surface area contributed by atoms with E-state index >= 15 is 0 Å². The predicted molar refractivity (Wildman–Crippen MR) is 84.5 cm³/mol. The standard InChI is InChI=1S/C17H25N3O2/c21-17(16-8-11-22-19-16)18-12-14-6-9-20(10-7-14)13-15-4-2-1-3-5-15/h1-2,8,11,14-15H,3-7,9-10,12-13H2,(H,18,21). The van der Waals surface area contributed by atoms with Gasteiger partial charge in [0.1, 0.15) is 6.26 Å². The van der Waals surface area contributed by atoms with Gasteiger partial charge in [0.2, 0.25) is 0 Å². The molecule has 3 rings (SSSR count). The number of hydrogen-bond acceptors (Lipinski definition) is 4. The van der Waals surface area contributed by atoms with E-state index in [9.17, 15) is 4.79 Å². The van der Waals surface area contributed by atoms with Gasteiger partial charge in [-0.15, -0.1) is 0 Å². The molecule has 5 nitrogen and oxygen atoms in total. The summed E-state index contributed by atoms with van der Waals surface area (Å²) in [4.78, 5) is 14.4. The SMILES string of the molecule is O=C(NCC1CCN(CC2CC=CCC2)CC1)c1ccon1. The molecule has 1 aliphatic carbocycles. The molecule has 1 unspecified atom stereocenters. The molecule has 1 fully saturated rings. The molecular formula is C17H25N3O2. The van der Waals surface area contributed by atoms with E-state index in [-0.39, 0.29) is 5.91 Å². The molecule has 0 saturated carbocycles. The van der Waals surface area contributed by atoms with E-state index in [0.29, 0.717) is 11.6 Å². The number of allylic oxidation sites excluding steroid dienone is 2. The molecular weight excluding hydrogens is 278 g/mol. The van der Waals surface area contributed by atoms with Crippen LogP contribution in [0.1, 0.15) is 42.6 Å². The topological polar surface area (TPSA) is 58.4 Å². The van der Waals surface area contributed by atoms with Crippen molar-refractivity contribution in [3.8, 4) is 0 Å². The lowest BCUT2D eigenvalue weighted by molar-refractivity contribution is 0.0924. The van der Waals surface area contributed by atoms with Crippen molar-refractivity contribution in [1.82, 2.24) is 15.4 Å². The molecule has 2 aliphatic rings. The fraction of sp³-hybridized carbons (Fsp3) is 0.647. The Balaban J connectivity index is 1.35. The van der Waals surface area contributed by atoms with E-state index in [4.69, 9.17) is 4.52 Å². The Hall–Kier alpha value is -1.62. The summed E-state index contributed by atoms with van der Waals surface area (Å²) in [5.74, 6) is 1.29. The number of carbonyl (C=O) groups excluding carboxylic acids is 1. The van der Waals surface area contributed by atoms with E-state index in [1.165, 1.54) is 44.9 Å². The summed E-state index contributed by atoms with van der Waals surface area (Å²) in [5.41, 5.74) is 0.364. The molecule has 2 heterocycles. The lowest BCUT2D eigenvalue weighted by atomic mass is 9.91. The molecule has 0 spiro atoms. The van der Waals surface area contributed by atoms with Crippen molar-refractivity contribution in [2.45, 2.75) is 32.1 Å². The summed E-state index contributed by atoms with van der Waals surface area (Å²) in [6.07, 6.45) is 12.2. The summed E-state index contributed by atoms with van der Waals surface area (Å²) in [7, 11) is 0. The minimum Gasteiger partial charge on any atom is -0.364 e. The maximum atomic E-state index is 11.8. The van der Waals surface area contributed by atoms with Crippen molar-refractivity contribution in [3.05, 3.63) is 30.2 Å². The number of aromatic nitrogens is 1. The van der Waals surface area contributed by atoms with Gasteiger partial charge >= 0.3 is 0 Å². The van der Waals surface area contributed by atoms with Crippen molar-refractivity contribution in [2.24, 2.45) is 11.8 Å². The molecule has 1 N–H and O–H groups in total. The summed E-state index contributed by atoms with van der Waals surface area (Å²) in [6.45, 7) is 4.30. The Morgan fingerprint density at radius 1 is 1.27 bits per heavy atom. The molecule has 0 aromatic carbocycles. The fourth-order valence-corrected chi connectivity index (χ4v) is 3.42. The largest absolute Gasteiger partial charge is 0.364 e. The van der Waals surface area contributed by atoms with Crippen molar-refractivity contribution >= 4 is 5.91 Å². The smallest absolute Gasteiger partial charge is 0.273 e. The molecule has 22 heavy (non-hydrogen) atoms. The first kappa shape index (κ1) is 15.3. The Morgan fingerprint density at radius 3 is 2.82 bits per heavy atom. The molecule has 120 valence electrons. The molecule has 0 radical (unpaired) electrons. The van der Waals surface area contributed by atoms with Gasteiger partial charge in [0, 0.05) is 19.2 Å². The number of nitrogens with zero attached hydrogens (tertiary/aromatic N) is 2. The quantitative estimate of drug-likeness (QED) is 0.849. The van der Waals surface area contributed by atoms with Gasteiger partial charge < -0.3 is 14.7 Å². The van der Waals surface area contributed by atoms with Gasteiger partial charge in [0.05, 0.1) is 0 Å². The minimum absolute atomic E-state index is 0.134. The second-order valence-corrected chi connectivity index (χ2v) is 6.49. The van der Waals surface area contributed by atoms with Crippen LogP contribution in [0.3, 0.4) is 0 Å². The highest BCUT2D eigenvalue weighted by atomic mass is 16.5. The first-order valence-corrected chi connectivity index (χ1v) is 8.37. The fourth-order valence-electron chi connectivity index (χ4n) is 3.42. The highest BCUT2D eigenvalue weighted by molar-refractivity contribution is 5.91. The highest BCUT2D eigenvalue weighted by Crippen LogP contribution is 2.23. The Kier molecular flexibility index (Phi) is 5.27. The van der Waals surface area contributed by atoms with Gasteiger partial charge in [0.15, 0.2) is 5.69 Å². The van der Waals surface area contributed by atoms with Gasteiger partial charge in [-0.1, -0.05) is 17.3 Å². The third kappa shape index (κ3) is 4.19. The average Bonchev–Trinajstić information content (AvgIpc) is 3.09. The molecule has 1 aromatic heterocycles. The maximum Gasteiger partial charge on any atom is 0.273 e. The van der Waals surface area contributed by atoms with Crippen LogP contribution in [-0.2, 0) is 0 Å². The first-order valence-electron chi connectivity index (χ1n) is 8.37. The summed E-state index contributed by atoms with van der Waals surface area (Å²) in [6, 6.07) is 1.59. The van der Waals surface area contributed by atoms with E-state index in [1.807, 2.05) is 0 Å². The molecule has 5 heteroatoms. The summed E-state index contributed by atoms with van der Waals surface area (Å²) >= 11 is 0. The number of likely N-dealkylation sites (tertiary alicyclic amines) is 1. The van der Waals surface area contributed by atoms with Gasteiger partial charge in [0.25, 0.3) is 5.91 Å². The van der Waals surface area contributed by atoms with Crippen molar-refractivity contribution in [2.75, 3.05) is 26.2 Å². The number of rotatable bonds is 5. The van der Waals surface area contributed by atoms with Gasteiger partial charge in [-0.25, -0.2) is 0 Å². The van der Waals surface area contributed by atoms with E-state index in [2.05, 4.69) is 27.5 Å². The third-order valence-electron chi connectivity index (χ3n) is 4.82. The highest BCUT2D eigenvalue weighted by Gasteiger charge is 2.22. The number of hydrogen-bond donors (Lipinski definition) is 1. The van der Waals surface area contributed by atoms with Crippen LogP contribution in [0, 0.1) is 11.8 Å². The Bertz CT molecular complexity index is 490. The summed E-state index contributed by atoms with van der Waals surface area (Å²) < 4.78 is 4.69. The van der Waals surface area contributed by atoms with Crippen LogP contribution in [0.4, 0.5) is 0 Å². The van der Waals surface area contributed by atoms with E-state index in [1.54, 1.807) is 6.07 Å². The van der Waals surface area contributed by atoms with Crippen LogP contribution < -0.4 is 5.32 Å². The normalized spacial score (nSPS) is 23.5. The monoisotopic (exact) mass is 303 g/mol. The van der Waals surface area contributed by atoms with Crippen molar-refractivity contribution in [1.29, 1.82) is 0 Å². The van der Waals surface area contributed by atoms with Gasteiger partial charge in [-0.3, -0.25) is 4.79 Å². The van der Waals surface area contributed by atoms with Crippen LogP contribution in [0.25, 0.3) is 0 Å². The van der Waals surface area contributed by atoms with Crippen LogP contribution >= 0.6 is 0 Å². The van der Waals surface area contributed by atoms with Crippen LogP contribution in [0.15, 0.2) is 29.0 Å². The minimum atomic E-state index is -0.134. The van der Waals surface area contributed by atoms with Crippen molar-refractivity contribution < 1.29 is 9.32 Å². The molecule has 1 atom stereocenters. The number of nitrogens with one attached hydrogen (secondary N) is 1. The second kappa shape index (κ2) is 7.58. The lowest BCUT2D eigenvalue weighted by Crippen LogP contribution is -2.40. The van der Waals surface area contributed by atoms with Gasteiger partial charge in [-0.2, -0.15) is 0 Å². The zero-order valence-corrected chi connectivity index (χ0v) is 13.0. The maximum absolute atomic E-state index is 11.8. The molecule has 1 amide bonds. The average molecular weight is 303 g/mol. The number of piperidine rings is 1. The molecule has 1 aromatic rings. The first-order chi connectivity index (χ1) is 10.8. The lowest BCUT2D eigenvalue weighted by Gasteiger charge is -2.34. The van der Waals surface area contributed by atoms with Crippen LogP contribution in [0.2, 0.25) is 0 Å². The zero-order chi connectivity index (χ0) is 15.2. The van der Waals surface area contributed by atoms with Crippen LogP contribution in [0.5, 0.6) is 0 Å². The van der Waals surface area contributed by atoms with Crippen LogP contribution in [-0.4, -0.2) is 42.1 Å². The number of amides is 1. The summed E-state index contributed by atoms with van der Waals surface area (Å²) in [5, 5.41) is 6.62. The predicted octanol–water partition coefficient (Wildman–Crippen LogP) is 2.47. The Labute approximate surface area is 131 Å². The van der Waals surface area contributed by atoms with Gasteiger partial charge in [-0.05, 0) is 57.0 Å². The second-order valence-electron chi connectivity index (χ2n) is 6.49. The molecule has 1 aliphatic heterocycles. The zero-order valence-electron chi connectivity index (χ0n) is 13.0. The van der Waals surface area contributed by atoms with E-state index < -0.39 is 0 Å². The van der Waals surface area contributed by atoms with Crippen molar-refractivity contribution in [3.63, 3.8) is 0 Å². The number of carbonyl (C=O) groups is 1. The third-order valence-corrected chi connectivity index (χ3v) is 4.82. The Morgan fingerprint density at radius 2 is 2.14 bits per heavy atom. The molecule has 1 saturated heterocycles.